The zero-order valence-corrected chi connectivity index (χ0v) is 23.5. The van der Waals surface area contributed by atoms with E-state index < -0.39 is 0 Å². The molecule has 0 unspecified atom stereocenters. The van der Waals surface area contributed by atoms with Crippen molar-refractivity contribution in [2.75, 3.05) is 26.7 Å². The summed E-state index contributed by atoms with van der Waals surface area (Å²) in [6.45, 7) is 6.03. The van der Waals surface area contributed by atoms with Gasteiger partial charge in [-0.1, -0.05) is 91.8 Å². The maximum atomic E-state index is 13.5. The molecule has 4 aromatic rings. The van der Waals surface area contributed by atoms with Gasteiger partial charge in [-0.05, 0) is 35.6 Å². The van der Waals surface area contributed by atoms with Crippen molar-refractivity contribution in [3.63, 3.8) is 0 Å². The molecule has 0 atom stereocenters. The van der Waals surface area contributed by atoms with E-state index in [0.29, 0.717) is 37.7 Å². The highest BCUT2D eigenvalue weighted by Gasteiger charge is 2.23. The summed E-state index contributed by atoms with van der Waals surface area (Å²) < 4.78 is 10.8. The third-order valence-corrected chi connectivity index (χ3v) is 6.63. The smallest absolute Gasteiger partial charge is 0.276 e. The lowest BCUT2D eigenvalue weighted by atomic mass is 10.1. The lowest BCUT2D eigenvalue weighted by molar-refractivity contribution is -0.132. The van der Waals surface area contributed by atoms with Crippen LogP contribution in [0.15, 0.2) is 95.5 Å². The van der Waals surface area contributed by atoms with Crippen LogP contribution in [0.2, 0.25) is 0 Å². The summed E-state index contributed by atoms with van der Waals surface area (Å²) in [5.74, 6) is 1.16. The molecule has 0 saturated carbocycles. The average molecular weight is 540 g/mol. The van der Waals surface area contributed by atoms with Crippen molar-refractivity contribution in [2.24, 2.45) is 5.92 Å². The van der Waals surface area contributed by atoms with Gasteiger partial charge in [-0.25, -0.2) is 0 Å². The molecule has 0 radical (unpaired) electrons. The van der Waals surface area contributed by atoms with E-state index in [1.165, 1.54) is 5.56 Å². The number of amides is 2. The Bertz CT molecular complexity index is 1370. The molecule has 0 aliphatic rings. The van der Waals surface area contributed by atoms with Crippen molar-refractivity contribution in [1.82, 2.24) is 15.0 Å². The van der Waals surface area contributed by atoms with Gasteiger partial charge in [-0.15, -0.1) is 0 Å². The van der Waals surface area contributed by atoms with E-state index in [9.17, 15) is 9.59 Å². The molecule has 0 aliphatic carbocycles. The van der Waals surface area contributed by atoms with Crippen LogP contribution in [-0.4, -0.2) is 53.5 Å². The molecule has 2 amide bonds. The van der Waals surface area contributed by atoms with Crippen LogP contribution in [-0.2, 0) is 17.8 Å². The second-order valence-corrected chi connectivity index (χ2v) is 10.2. The molecule has 208 valence electrons. The first-order valence-electron chi connectivity index (χ1n) is 13.7. The van der Waals surface area contributed by atoms with Crippen molar-refractivity contribution < 1.29 is 18.8 Å². The maximum Gasteiger partial charge on any atom is 0.276 e. The zero-order valence-electron chi connectivity index (χ0n) is 23.5. The van der Waals surface area contributed by atoms with Crippen molar-refractivity contribution >= 4 is 11.8 Å². The van der Waals surface area contributed by atoms with Gasteiger partial charge in [-0.2, -0.15) is 0 Å². The highest BCUT2D eigenvalue weighted by molar-refractivity contribution is 5.93. The third-order valence-electron chi connectivity index (χ3n) is 6.63. The predicted octanol–water partition coefficient (Wildman–Crippen LogP) is 6.11. The number of methoxy groups -OCH3 is 1. The second kappa shape index (κ2) is 14.1. The molecule has 1 heterocycles. The van der Waals surface area contributed by atoms with Crippen LogP contribution in [0.1, 0.15) is 41.9 Å². The van der Waals surface area contributed by atoms with E-state index in [-0.39, 0.29) is 29.8 Å². The fraction of sp³-hybridized carbons (Fsp3) is 0.303. The summed E-state index contributed by atoms with van der Waals surface area (Å²) >= 11 is 0. The van der Waals surface area contributed by atoms with Crippen molar-refractivity contribution in [2.45, 2.75) is 33.2 Å². The van der Waals surface area contributed by atoms with Crippen LogP contribution >= 0.6 is 0 Å². The molecule has 4 rings (SSSR count). The van der Waals surface area contributed by atoms with Gasteiger partial charge in [0.05, 0.1) is 7.11 Å². The van der Waals surface area contributed by atoms with Gasteiger partial charge in [0.2, 0.25) is 5.91 Å². The Morgan fingerprint density at radius 2 is 1.55 bits per heavy atom. The number of carbonyl (C=O) groups is 2. The molecule has 40 heavy (non-hydrogen) atoms. The Balaban J connectivity index is 1.45. The minimum Gasteiger partial charge on any atom is -0.497 e. The summed E-state index contributed by atoms with van der Waals surface area (Å²) in [4.78, 5) is 30.6. The number of aromatic nitrogens is 1. The first kappa shape index (κ1) is 28.6. The maximum absolute atomic E-state index is 13.5. The molecule has 7 heteroatoms. The van der Waals surface area contributed by atoms with Gasteiger partial charge in [0.25, 0.3) is 5.91 Å². The fourth-order valence-corrected chi connectivity index (χ4v) is 4.56. The SMILES string of the molecule is COc1cccc(-c2cc(C(=O)N(CCC(=O)N(CCc3ccccc3)Cc3ccccc3)CC(C)C)no2)c1. The summed E-state index contributed by atoms with van der Waals surface area (Å²) in [6.07, 6.45) is 0.987. The molecular formula is C33H37N3O4. The Morgan fingerprint density at radius 1 is 0.850 bits per heavy atom. The van der Waals surface area contributed by atoms with Crippen LogP contribution < -0.4 is 4.74 Å². The molecule has 0 N–H and O–H groups in total. The van der Waals surface area contributed by atoms with E-state index in [2.05, 4.69) is 17.3 Å². The summed E-state index contributed by atoms with van der Waals surface area (Å²) in [5.41, 5.74) is 3.25. The number of rotatable bonds is 13. The van der Waals surface area contributed by atoms with E-state index in [4.69, 9.17) is 9.26 Å². The first-order valence-corrected chi connectivity index (χ1v) is 13.7. The van der Waals surface area contributed by atoms with Crippen LogP contribution in [0.4, 0.5) is 0 Å². The Hall–Kier alpha value is -4.39. The number of hydrogen-bond acceptors (Lipinski definition) is 5. The third kappa shape index (κ3) is 8.06. The summed E-state index contributed by atoms with van der Waals surface area (Å²) in [5, 5.41) is 4.05. The van der Waals surface area contributed by atoms with Gasteiger partial charge in [0.15, 0.2) is 11.5 Å². The van der Waals surface area contributed by atoms with E-state index >= 15 is 0 Å². The molecule has 0 saturated heterocycles. The monoisotopic (exact) mass is 539 g/mol. The quantitative estimate of drug-likeness (QED) is 0.205. The van der Waals surface area contributed by atoms with Crippen LogP contribution in [0, 0.1) is 5.92 Å². The minimum absolute atomic E-state index is 0.0126. The van der Waals surface area contributed by atoms with E-state index in [1.807, 2.05) is 91.5 Å². The Labute approximate surface area is 236 Å². The number of benzene rings is 3. The molecule has 1 aromatic heterocycles. The fourth-order valence-electron chi connectivity index (χ4n) is 4.56. The van der Waals surface area contributed by atoms with Gasteiger partial charge < -0.3 is 19.1 Å². The number of ether oxygens (including phenoxy) is 1. The van der Waals surface area contributed by atoms with E-state index in [1.54, 1.807) is 18.1 Å². The van der Waals surface area contributed by atoms with Gasteiger partial charge in [-0.3, -0.25) is 9.59 Å². The molecule has 0 aliphatic heterocycles. The van der Waals surface area contributed by atoms with Crippen LogP contribution in [0.3, 0.4) is 0 Å². The highest BCUT2D eigenvalue weighted by Crippen LogP contribution is 2.25. The van der Waals surface area contributed by atoms with Gasteiger partial charge in [0.1, 0.15) is 5.75 Å². The average Bonchev–Trinajstić information content (AvgIpc) is 3.48. The van der Waals surface area contributed by atoms with Crippen LogP contribution in [0.5, 0.6) is 5.75 Å². The lowest BCUT2D eigenvalue weighted by Crippen LogP contribution is -2.39. The number of carbonyl (C=O) groups excluding carboxylic acids is 2. The molecular weight excluding hydrogens is 502 g/mol. The number of hydrogen-bond donors (Lipinski definition) is 0. The second-order valence-electron chi connectivity index (χ2n) is 10.2. The Kier molecular flexibility index (Phi) is 10.1. The lowest BCUT2D eigenvalue weighted by Gasteiger charge is -2.27. The topological polar surface area (TPSA) is 75.9 Å². The van der Waals surface area contributed by atoms with E-state index in [0.717, 1.165) is 17.5 Å². The molecule has 0 fully saturated rings. The summed E-state index contributed by atoms with van der Waals surface area (Å²) in [7, 11) is 1.60. The van der Waals surface area contributed by atoms with Crippen LogP contribution in [0.25, 0.3) is 11.3 Å². The van der Waals surface area contributed by atoms with Crippen molar-refractivity contribution in [3.8, 4) is 17.1 Å². The standard InChI is InChI=1S/C33H37N3O4/c1-25(2)23-36(33(38)30-22-31(40-34-30)28-15-10-16-29(21-28)39-3)20-18-32(37)35(24-27-13-8-5-9-14-27)19-17-26-11-6-4-7-12-26/h4-16,21-22,25H,17-20,23-24H2,1-3H3. The molecule has 7 nitrogen and oxygen atoms in total. The normalized spacial score (nSPS) is 10.9. The molecule has 0 bridgehead atoms. The summed E-state index contributed by atoms with van der Waals surface area (Å²) in [6, 6.07) is 29.2. The highest BCUT2D eigenvalue weighted by atomic mass is 16.5. The van der Waals surface area contributed by atoms with Crippen molar-refractivity contribution in [3.05, 3.63) is 108 Å². The van der Waals surface area contributed by atoms with Crippen molar-refractivity contribution in [1.29, 1.82) is 0 Å². The molecule has 0 spiro atoms. The van der Waals surface area contributed by atoms with Gasteiger partial charge in [0, 0.05) is 44.2 Å². The predicted molar refractivity (Wildman–Crippen MR) is 156 cm³/mol. The zero-order chi connectivity index (χ0) is 28.3. The first-order chi connectivity index (χ1) is 19.4. The number of nitrogens with zero attached hydrogens (tertiary/aromatic N) is 3. The minimum atomic E-state index is -0.252. The largest absolute Gasteiger partial charge is 0.497 e. The molecule has 3 aromatic carbocycles. The van der Waals surface area contributed by atoms with Gasteiger partial charge >= 0.3 is 0 Å². The Morgan fingerprint density at radius 3 is 2.23 bits per heavy atom.